The third kappa shape index (κ3) is 5.70. The second kappa shape index (κ2) is 10.1. The lowest BCUT2D eigenvalue weighted by molar-refractivity contribution is -0.150. The SMILES string of the molecule is COc1cc(F)c(OC2CCC(C)(C(=O)O)CC2)cc1C(=O)N[C@@H]1[C@H]2CC[C@H](C2)[C@@H]1C(=O)NC(C)(C)C. The molecule has 1 aromatic carbocycles. The van der Waals surface area contributed by atoms with Gasteiger partial charge in [-0.05, 0) is 90.5 Å². The highest BCUT2D eigenvalue weighted by molar-refractivity contribution is 5.98. The van der Waals surface area contributed by atoms with Crippen molar-refractivity contribution in [3.8, 4) is 11.5 Å². The molecule has 3 aliphatic rings. The largest absolute Gasteiger partial charge is 0.496 e. The Kier molecular flexibility index (Phi) is 7.45. The lowest BCUT2D eigenvalue weighted by Gasteiger charge is -2.34. The summed E-state index contributed by atoms with van der Waals surface area (Å²) in [5.74, 6) is -1.81. The summed E-state index contributed by atoms with van der Waals surface area (Å²) in [6, 6.07) is 2.19. The van der Waals surface area contributed by atoms with Crippen molar-refractivity contribution in [3.63, 3.8) is 0 Å². The zero-order chi connectivity index (χ0) is 27.1. The van der Waals surface area contributed by atoms with Gasteiger partial charge in [-0.1, -0.05) is 0 Å². The molecule has 0 aliphatic heterocycles. The molecule has 3 saturated carbocycles. The average Bonchev–Trinajstić information content (AvgIpc) is 3.42. The van der Waals surface area contributed by atoms with E-state index in [2.05, 4.69) is 10.6 Å². The number of aliphatic carboxylic acids is 1. The van der Waals surface area contributed by atoms with Gasteiger partial charge >= 0.3 is 5.97 Å². The second-order valence-corrected chi connectivity index (χ2v) is 12.3. The Morgan fingerprint density at radius 2 is 1.70 bits per heavy atom. The van der Waals surface area contributed by atoms with E-state index < -0.39 is 23.1 Å². The lowest BCUT2D eigenvalue weighted by atomic mass is 9.75. The number of halogens is 1. The number of ether oxygens (including phenoxy) is 2. The molecule has 0 heterocycles. The highest BCUT2D eigenvalue weighted by atomic mass is 19.1. The second-order valence-electron chi connectivity index (χ2n) is 12.3. The van der Waals surface area contributed by atoms with Gasteiger partial charge in [-0.3, -0.25) is 14.4 Å². The summed E-state index contributed by atoms with van der Waals surface area (Å²) in [6.07, 6.45) is 4.30. The van der Waals surface area contributed by atoms with E-state index in [0.29, 0.717) is 25.7 Å². The molecule has 37 heavy (non-hydrogen) atoms. The molecule has 204 valence electrons. The van der Waals surface area contributed by atoms with Gasteiger partial charge in [0.15, 0.2) is 11.6 Å². The molecule has 4 rings (SSSR count). The van der Waals surface area contributed by atoms with Crippen LogP contribution in [0.1, 0.15) is 83.0 Å². The number of rotatable bonds is 7. The van der Waals surface area contributed by atoms with Crippen molar-refractivity contribution in [2.24, 2.45) is 23.2 Å². The monoisotopic (exact) mass is 518 g/mol. The standard InChI is InChI=1S/C28H39FN2O6/c1-27(2,3)31-25(33)22-15-6-7-16(12-15)23(22)30-24(32)18-13-21(19(29)14-20(18)36-5)37-17-8-10-28(4,11-9-17)26(34)35/h13-17,22-23H,6-12H2,1-5H3,(H,30,32)(H,31,33)(H,34,35)/t15-,16+,17?,22+,23-,28?/m1/s1. The number of hydrogen-bond acceptors (Lipinski definition) is 5. The number of nitrogens with one attached hydrogen (secondary N) is 2. The Balaban J connectivity index is 1.51. The molecule has 3 fully saturated rings. The number of carboxylic acid groups (broad SMARTS) is 1. The van der Waals surface area contributed by atoms with E-state index in [4.69, 9.17) is 9.47 Å². The zero-order valence-electron chi connectivity index (χ0n) is 22.4. The summed E-state index contributed by atoms with van der Waals surface area (Å²) in [5, 5.41) is 15.6. The molecule has 4 atom stereocenters. The van der Waals surface area contributed by atoms with Crippen LogP contribution in [0, 0.1) is 29.0 Å². The summed E-state index contributed by atoms with van der Waals surface area (Å²) in [5.41, 5.74) is -1.04. The summed E-state index contributed by atoms with van der Waals surface area (Å²) in [4.78, 5) is 38.1. The van der Waals surface area contributed by atoms with Gasteiger partial charge in [-0.2, -0.15) is 0 Å². The maximum absolute atomic E-state index is 14.9. The van der Waals surface area contributed by atoms with Crippen molar-refractivity contribution in [1.29, 1.82) is 0 Å². The van der Waals surface area contributed by atoms with Crippen molar-refractivity contribution in [2.45, 2.75) is 90.3 Å². The first-order chi connectivity index (χ1) is 17.3. The fraction of sp³-hybridized carbons (Fsp3) is 0.679. The van der Waals surface area contributed by atoms with E-state index in [1.807, 2.05) is 20.8 Å². The van der Waals surface area contributed by atoms with Crippen molar-refractivity contribution in [1.82, 2.24) is 10.6 Å². The molecular weight excluding hydrogens is 479 g/mol. The van der Waals surface area contributed by atoms with Gasteiger partial charge < -0.3 is 25.2 Å². The Morgan fingerprint density at radius 3 is 2.30 bits per heavy atom. The first-order valence-electron chi connectivity index (χ1n) is 13.2. The van der Waals surface area contributed by atoms with Crippen molar-refractivity contribution in [3.05, 3.63) is 23.5 Å². The number of carbonyl (C=O) groups excluding carboxylic acids is 2. The number of fused-ring (bicyclic) bond motifs is 2. The predicted octanol–water partition coefficient (Wildman–Crippen LogP) is 4.31. The minimum atomic E-state index is -0.837. The smallest absolute Gasteiger partial charge is 0.309 e. The first kappa shape index (κ1) is 27.2. The number of hydrogen-bond donors (Lipinski definition) is 3. The molecule has 8 nitrogen and oxygen atoms in total. The van der Waals surface area contributed by atoms with Gasteiger partial charge in [-0.25, -0.2) is 4.39 Å². The number of carbonyl (C=O) groups is 3. The Morgan fingerprint density at radius 1 is 1.05 bits per heavy atom. The Labute approximate surface area is 217 Å². The molecule has 9 heteroatoms. The normalized spacial score (nSPS) is 31.0. The van der Waals surface area contributed by atoms with Crippen LogP contribution in [0.5, 0.6) is 11.5 Å². The van der Waals surface area contributed by atoms with E-state index in [1.54, 1.807) is 6.92 Å². The van der Waals surface area contributed by atoms with E-state index in [1.165, 1.54) is 13.2 Å². The van der Waals surface area contributed by atoms with Crippen molar-refractivity contribution >= 4 is 17.8 Å². The van der Waals surface area contributed by atoms with Crippen LogP contribution in [-0.2, 0) is 9.59 Å². The van der Waals surface area contributed by atoms with Crippen LogP contribution in [0.3, 0.4) is 0 Å². The van der Waals surface area contributed by atoms with Crippen LogP contribution >= 0.6 is 0 Å². The molecule has 2 amide bonds. The number of amides is 2. The molecule has 3 aliphatic carbocycles. The zero-order valence-corrected chi connectivity index (χ0v) is 22.4. The van der Waals surface area contributed by atoms with Gasteiger partial charge in [0.05, 0.1) is 30.1 Å². The molecule has 2 bridgehead atoms. The topological polar surface area (TPSA) is 114 Å². The molecule has 3 N–H and O–H groups in total. The van der Waals surface area contributed by atoms with Crippen LogP contribution < -0.4 is 20.1 Å². The third-order valence-corrected chi connectivity index (χ3v) is 8.36. The number of benzene rings is 1. The Hall–Kier alpha value is -2.84. The average molecular weight is 519 g/mol. The fourth-order valence-corrected chi connectivity index (χ4v) is 6.27. The van der Waals surface area contributed by atoms with Crippen LogP contribution in [0.2, 0.25) is 0 Å². The maximum atomic E-state index is 14.9. The van der Waals surface area contributed by atoms with Gasteiger partial charge in [0.25, 0.3) is 5.91 Å². The molecule has 0 radical (unpaired) electrons. The fourth-order valence-electron chi connectivity index (χ4n) is 6.27. The summed E-state index contributed by atoms with van der Waals surface area (Å²) >= 11 is 0. The summed E-state index contributed by atoms with van der Waals surface area (Å²) in [6.45, 7) is 7.52. The van der Waals surface area contributed by atoms with Gasteiger partial charge in [0, 0.05) is 17.6 Å². The van der Waals surface area contributed by atoms with Crippen LogP contribution in [0.15, 0.2) is 12.1 Å². The minimum absolute atomic E-state index is 0.0502. The molecule has 0 spiro atoms. The molecule has 0 unspecified atom stereocenters. The maximum Gasteiger partial charge on any atom is 0.309 e. The lowest BCUT2D eigenvalue weighted by Crippen LogP contribution is -2.53. The number of carboxylic acids is 1. The van der Waals surface area contributed by atoms with E-state index >= 15 is 0 Å². The quantitative estimate of drug-likeness (QED) is 0.496. The van der Waals surface area contributed by atoms with Gasteiger partial charge in [-0.15, -0.1) is 0 Å². The highest BCUT2D eigenvalue weighted by Crippen LogP contribution is 2.49. The first-order valence-corrected chi connectivity index (χ1v) is 13.2. The van der Waals surface area contributed by atoms with Crippen LogP contribution in [0.25, 0.3) is 0 Å². The predicted molar refractivity (Wildman–Crippen MR) is 135 cm³/mol. The molecule has 0 saturated heterocycles. The van der Waals surface area contributed by atoms with Crippen molar-refractivity contribution in [2.75, 3.05) is 7.11 Å². The third-order valence-electron chi connectivity index (χ3n) is 8.36. The van der Waals surface area contributed by atoms with Gasteiger partial charge in [0.1, 0.15) is 5.75 Å². The molecule has 0 aromatic heterocycles. The summed E-state index contributed by atoms with van der Waals surface area (Å²) < 4.78 is 26.1. The summed E-state index contributed by atoms with van der Waals surface area (Å²) in [7, 11) is 1.37. The van der Waals surface area contributed by atoms with Gasteiger partial charge in [0.2, 0.25) is 5.91 Å². The van der Waals surface area contributed by atoms with Crippen LogP contribution in [-0.4, -0.2) is 47.7 Å². The Bertz CT molecular complexity index is 1060. The van der Waals surface area contributed by atoms with Crippen molar-refractivity contribution < 1.29 is 33.4 Å². The van der Waals surface area contributed by atoms with E-state index in [9.17, 15) is 23.9 Å². The van der Waals surface area contributed by atoms with E-state index in [-0.39, 0.29) is 58.4 Å². The molecular formula is C28H39FN2O6. The minimum Gasteiger partial charge on any atom is -0.496 e. The highest BCUT2D eigenvalue weighted by Gasteiger charge is 2.52. The van der Waals surface area contributed by atoms with Crippen LogP contribution in [0.4, 0.5) is 4.39 Å². The van der Waals surface area contributed by atoms with E-state index in [0.717, 1.165) is 25.3 Å². The molecule has 1 aromatic rings. The number of methoxy groups -OCH3 is 1.